The summed E-state index contributed by atoms with van der Waals surface area (Å²) < 4.78 is 11.2. The number of hydrogen-bond donors (Lipinski definition) is 1. The van der Waals surface area contributed by atoms with E-state index in [1.54, 1.807) is 0 Å². The molecule has 0 heterocycles. The van der Waals surface area contributed by atoms with Crippen LogP contribution in [-0.4, -0.2) is 30.5 Å². The summed E-state index contributed by atoms with van der Waals surface area (Å²) in [5, 5.41) is 8.88. The van der Waals surface area contributed by atoms with Crippen LogP contribution < -0.4 is 4.74 Å². The maximum absolute atomic E-state index is 8.88. The summed E-state index contributed by atoms with van der Waals surface area (Å²) in [7, 11) is 0. The average molecular weight is 266 g/mol. The standard InChI is InChI=1S/C16H26O3/c1-12(10-17)18-11-13(2)19-15-8-6-14(7-9-15)16(3,4)5/h6-9,12-13,17H,10-11H2,1-5H3. The molecule has 0 aliphatic carbocycles. The molecule has 19 heavy (non-hydrogen) atoms. The van der Waals surface area contributed by atoms with Crippen LogP contribution >= 0.6 is 0 Å². The minimum Gasteiger partial charge on any atom is -0.488 e. The van der Waals surface area contributed by atoms with Gasteiger partial charge in [-0.15, -0.1) is 0 Å². The zero-order valence-corrected chi connectivity index (χ0v) is 12.6. The lowest BCUT2D eigenvalue weighted by Gasteiger charge is -2.20. The highest BCUT2D eigenvalue weighted by Gasteiger charge is 2.13. The highest BCUT2D eigenvalue weighted by Crippen LogP contribution is 2.24. The van der Waals surface area contributed by atoms with Gasteiger partial charge in [0.25, 0.3) is 0 Å². The Morgan fingerprint density at radius 2 is 1.63 bits per heavy atom. The quantitative estimate of drug-likeness (QED) is 0.859. The second kappa shape index (κ2) is 6.92. The molecule has 0 saturated heterocycles. The van der Waals surface area contributed by atoms with Crippen LogP contribution in [0.5, 0.6) is 5.75 Å². The molecular formula is C16H26O3. The second-order valence-corrected chi connectivity index (χ2v) is 6.03. The fourth-order valence-corrected chi connectivity index (χ4v) is 1.65. The van der Waals surface area contributed by atoms with Crippen molar-refractivity contribution in [1.29, 1.82) is 0 Å². The van der Waals surface area contributed by atoms with Gasteiger partial charge in [0.15, 0.2) is 0 Å². The van der Waals surface area contributed by atoms with E-state index in [2.05, 4.69) is 32.9 Å². The predicted molar refractivity (Wildman–Crippen MR) is 77.7 cm³/mol. The van der Waals surface area contributed by atoms with Crippen molar-refractivity contribution in [3.63, 3.8) is 0 Å². The highest BCUT2D eigenvalue weighted by molar-refractivity contribution is 5.31. The Morgan fingerprint density at radius 1 is 1.05 bits per heavy atom. The van der Waals surface area contributed by atoms with Gasteiger partial charge in [0.1, 0.15) is 11.9 Å². The SMILES string of the molecule is CC(CO)OCC(C)Oc1ccc(C(C)(C)C)cc1. The van der Waals surface area contributed by atoms with Crippen molar-refractivity contribution in [1.82, 2.24) is 0 Å². The van der Waals surface area contributed by atoms with Crippen LogP contribution in [0.2, 0.25) is 0 Å². The van der Waals surface area contributed by atoms with Crippen molar-refractivity contribution in [3.8, 4) is 5.75 Å². The second-order valence-electron chi connectivity index (χ2n) is 6.03. The normalized spacial score (nSPS) is 15.1. The monoisotopic (exact) mass is 266 g/mol. The first-order chi connectivity index (χ1) is 8.82. The van der Waals surface area contributed by atoms with Crippen molar-refractivity contribution in [3.05, 3.63) is 29.8 Å². The molecule has 3 nitrogen and oxygen atoms in total. The Bertz CT molecular complexity index is 365. The molecule has 1 N–H and O–H groups in total. The molecule has 0 radical (unpaired) electrons. The molecule has 108 valence electrons. The van der Waals surface area contributed by atoms with E-state index >= 15 is 0 Å². The van der Waals surface area contributed by atoms with Gasteiger partial charge in [-0.1, -0.05) is 32.9 Å². The number of ether oxygens (including phenoxy) is 2. The Kier molecular flexibility index (Phi) is 5.83. The van der Waals surface area contributed by atoms with Crippen molar-refractivity contribution in [2.75, 3.05) is 13.2 Å². The summed E-state index contributed by atoms with van der Waals surface area (Å²) >= 11 is 0. The largest absolute Gasteiger partial charge is 0.488 e. The van der Waals surface area contributed by atoms with Crippen LogP contribution in [0.3, 0.4) is 0 Å². The zero-order chi connectivity index (χ0) is 14.5. The van der Waals surface area contributed by atoms with Gasteiger partial charge >= 0.3 is 0 Å². The molecule has 0 aliphatic heterocycles. The third kappa shape index (κ3) is 5.62. The fourth-order valence-electron chi connectivity index (χ4n) is 1.65. The van der Waals surface area contributed by atoms with Gasteiger partial charge in [-0.05, 0) is 37.0 Å². The van der Waals surface area contributed by atoms with Crippen molar-refractivity contribution in [2.24, 2.45) is 0 Å². The number of aliphatic hydroxyl groups is 1. The van der Waals surface area contributed by atoms with Gasteiger partial charge in [-0.2, -0.15) is 0 Å². The van der Waals surface area contributed by atoms with E-state index in [4.69, 9.17) is 14.6 Å². The summed E-state index contributed by atoms with van der Waals surface area (Å²) in [5.74, 6) is 0.848. The Balaban J connectivity index is 2.49. The third-order valence-corrected chi connectivity index (χ3v) is 2.93. The van der Waals surface area contributed by atoms with E-state index in [0.29, 0.717) is 6.61 Å². The lowest BCUT2D eigenvalue weighted by atomic mass is 9.87. The van der Waals surface area contributed by atoms with Crippen molar-refractivity contribution in [2.45, 2.75) is 52.2 Å². The average Bonchev–Trinajstić information content (AvgIpc) is 2.35. The third-order valence-electron chi connectivity index (χ3n) is 2.93. The first-order valence-corrected chi connectivity index (χ1v) is 6.82. The molecule has 0 amide bonds. The van der Waals surface area contributed by atoms with E-state index in [-0.39, 0.29) is 24.2 Å². The maximum Gasteiger partial charge on any atom is 0.119 e. The van der Waals surface area contributed by atoms with Crippen LogP contribution in [-0.2, 0) is 10.2 Å². The molecule has 3 heteroatoms. The molecule has 1 aromatic carbocycles. The van der Waals surface area contributed by atoms with Gasteiger partial charge in [0, 0.05) is 0 Å². The molecule has 2 atom stereocenters. The molecule has 0 spiro atoms. The van der Waals surface area contributed by atoms with E-state index < -0.39 is 0 Å². The molecule has 0 aromatic heterocycles. The number of rotatable bonds is 6. The molecule has 0 saturated carbocycles. The van der Waals surface area contributed by atoms with Crippen LogP contribution in [0.15, 0.2) is 24.3 Å². The molecule has 0 bridgehead atoms. The molecule has 1 rings (SSSR count). The number of aliphatic hydroxyl groups excluding tert-OH is 1. The van der Waals surface area contributed by atoms with Gasteiger partial charge in [-0.3, -0.25) is 0 Å². The number of hydrogen-bond acceptors (Lipinski definition) is 3. The van der Waals surface area contributed by atoms with Gasteiger partial charge < -0.3 is 14.6 Å². The first-order valence-electron chi connectivity index (χ1n) is 6.82. The lowest BCUT2D eigenvalue weighted by molar-refractivity contribution is -0.0110. The smallest absolute Gasteiger partial charge is 0.119 e. The van der Waals surface area contributed by atoms with E-state index in [9.17, 15) is 0 Å². The van der Waals surface area contributed by atoms with Gasteiger partial charge in [-0.25, -0.2) is 0 Å². The molecule has 2 unspecified atom stereocenters. The van der Waals surface area contributed by atoms with E-state index in [1.165, 1.54) is 5.56 Å². The summed E-state index contributed by atoms with van der Waals surface area (Å²) in [6.45, 7) is 10.9. The minimum atomic E-state index is -0.144. The van der Waals surface area contributed by atoms with E-state index in [1.807, 2.05) is 26.0 Å². The van der Waals surface area contributed by atoms with E-state index in [0.717, 1.165) is 5.75 Å². The summed E-state index contributed by atoms with van der Waals surface area (Å²) in [6.07, 6.45) is -0.177. The molecular weight excluding hydrogens is 240 g/mol. The van der Waals surface area contributed by atoms with Gasteiger partial charge in [0.2, 0.25) is 0 Å². The topological polar surface area (TPSA) is 38.7 Å². The van der Waals surface area contributed by atoms with Crippen LogP contribution in [0.25, 0.3) is 0 Å². The van der Waals surface area contributed by atoms with Crippen molar-refractivity contribution < 1.29 is 14.6 Å². The molecule has 0 aliphatic rings. The van der Waals surface area contributed by atoms with Crippen LogP contribution in [0.4, 0.5) is 0 Å². The fraction of sp³-hybridized carbons (Fsp3) is 0.625. The zero-order valence-electron chi connectivity index (χ0n) is 12.6. The number of benzene rings is 1. The lowest BCUT2D eigenvalue weighted by Crippen LogP contribution is -2.24. The Labute approximate surface area is 116 Å². The molecule has 0 fully saturated rings. The highest BCUT2D eigenvalue weighted by atomic mass is 16.5. The van der Waals surface area contributed by atoms with Crippen molar-refractivity contribution >= 4 is 0 Å². The predicted octanol–water partition coefficient (Wildman–Crippen LogP) is 3.15. The van der Waals surface area contributed by atoms with Crippen LogP contribution in [0.1, 0.15) is 40.2 Å². The summed E-state index contributed by atoms with van der Waals surface area (Å²) in [4.78, 5) is 0. The Morgan fingerprint density at radius 3 is 2.11 bits per heavy atom. The Hall–Kier alpha value is -1.06. The maximum atomic E-state index is 8.88. The van der Waals surface area contributed by atoms with Gasteiger partial charge in [0.05, 0.1) is 19.3 Å². The molecule has 1 aromatic rings. The first kappa shape index (κ1) is 16.0. The summed E-state index contributed by atoms with van der Waals surface area (Å²) in [5.41, 5.74) is 1.45. The van der Waals surface area contributed by atoms with Crippen LogP contribution in [0, 0.1) is 0 Å². The minimum absolute atomic E-state index is 0.0329. The summed E-state index contributed by atoms with van der Waals surface area (Å²) in [6, 6.07) is 8.18.